The van der Waals surface area contributed by atoms with Gasteiger partial charge >= 0.3 is 0 Å². The molecule has 0 radical (unpaired) electrons. The van der Waals surface area contributed by atoms with Gasteiger partial charge in [-0.05, 0) is 55.0 Å². The first-order chi connectivity index (χ1) is 15.6. The van der Waals surface area contributed by atoms with Crippen LogP contribution in [0.2, 0.25) is 0 Å². The fraction of sp³-hybridized carbons (Fsp3) is 0.538. The van der Waals surface area contributed by atoms with Gasteiger partial charge in [-0.1, -0.05) is 20.8 Å². The Balaban J connectivity index is 0.00000408. The van der Waals surface area contributed by atoms with E-state index in [-0.39, 0.29) is 35.0 Å². The van der Waals surface area contributed by atoms with E-state index in [2.05, 4.69) is 20.8 Å². The Hall–Kier alpha value is -2.35. The van der Waals surface area contributed by atoms with E-state index in [0.29, 0.717) is 6.54 Å². The average Bonchev–Trinajstić information content (AvgIpc) is 2.78. The molecule has 1 atom stereocenters. The maximum absolute atomic E-state index is 11.0. The van der Waals surface area contributed by atoms with Crippen molar-refractivity contribution in [2.75, 3.05) is 33.4 Å². The van der Waals surface area contributed by atoms with Gasteiger partial charge in [0.2, 0.25) is 0 Å². The molecule has 1 N–H and O–H groups in total. The number of aliphatic hydroxyl groups is 1. The number of aliphatic hydroxyl groups excluding tert-OH is 1. The van der Waals surface area contributed by atoms with Gasteiger partial charge in [-0.2, -0.15) is 0 Å². The van der Waals surface area contributed by atoms with Crippen molar-refractivity contribution in [1.82, 2.24) is 0 Å². The number of hydrogen-bond acceptors (Lipinski definition) is 5. The summed E-state index contributed by atoms with van der Waals surface area (Å²) < 4.78 is 12.3. The smallest absolute Gasteiger partial charge is 0.269 e. The molecule has 0 aromatic heterocycles. The Morgan fingerprint density at radius 2 is 1.74 bits per heavy atom. The number of non-ortho nitro benzene ring substituents is 1. The minimum absolute atomic E-state index is 0. The predicted octanol–water partition coefficient (Wildman–Crippen LogP) is 1.85. The van der Waals surface area contributed by atoms with Gasteiger partial charge < -0.3 is 31.5 Å². The summed E-state index contributed by atoms with van der Waals surface area (Å²) in [4.78, 5) is 10.6. The summed E-state index contributed by atoms with van der Waals surface area (Å²) in [5.41, 5.74) is 2.08. The molecule has 0 amide bonds. The van der Waals surface area contributed by atoms with E-state index in [4.69, 9.17) is 9.47 Å². The zero-order valence-electron chi connectivity index (χ0n) is 20.6. The lowest BCUT2D eigenvalue weighted by Gasteiger charge is -2.43. The molecule has 188 valence electrons. The number of nitro groups is 1. The van der Waals surface area contributed by atoms with Gasteiger partial charge in [-0.15, -0.1) is 0 Å². The third-order valence-electron chi connectivity index (χ3n) is 6.45. The van der Waals surface area contributed by atoms with Crippen molar-refractivity contribution in [3.05, 3.63) is 63.7 Å². The molecule has 1 aliphatic heterocycles. The fourth-order valence-electron chi connectivity index (χ4n) is 4.73. The number of rotatable bonds is 9. The summed E-state index contributed by atoms with van der Waals surface area (Å²) in [5.74, 6) is 1.55. The second kappa shape index (κ2) is 11.9. The van der Waals surface area contributed by atoms with Crippen LogP contribution < -0.4 is 21.9 Å². The molecule has 0 bridgehead atoms. The number of hydrogen-bond donors (Lipinski definition) is 1. The van der Waals surface area contributed by atoms with Crippen LogP contribution in [0.5, 0.6) is 11.5 Å². The SMILES string of the molecule is COc1ccc(OCC(O)C[N+]2(Cc3ccc([N+](=O)[O-])cc3)CCCCC2)c(C(C)(C)C)c1.[Cl-]. The Kier molecular flexibility index (Phi) is 9.74. The van der Waals surface area contributed by atoms with E-state index in [9.17, 15) is 15.2 Å². The monoisotopic (exact) mass is 492 g/mol. The lowest BCUT2D eigenvalue weighted by molar-refractivity contribution is -0.947. The van der Waals surface area contributed by atoms with Crippen molar-refractivity contribution in [3.63, 3.8) is 0 Å². The van der Waals surface area contributed by atoms with Crippen molar-refractivity contribution in [2.24, 2.45) is 0 Å². The highest BCUT2D eigenvalue weighted by Crippen LogP contribution is 2.34. The van der Waals surface area contributed by atoms with Gasteiger partial charge in [-0.3, -0.25) is 10.1 Å². The predicted molar refractivity (Wildman–Crippen MR) is 129 cm³/mol. The molecule has 1 unspecified atom stereocenters. The van der Waals surface area contributed by atoms with Crippen LogP contribution in [-0.4, -0.2) is 54.0 Å². The van der Waals surface area contributed by atoms with Crippen molar-refractivity contribution >= 4 is 5.69 Å². The van der Waals surface area contributed by atoms with Crippen molar-refractivity contribution in [3.8, 4) is 11.5 Å². The standard InChI is InChI=1S/C26H37N2O5.ClH/c1-26(2,3)24-16-23(32-4)12-13-25(24)33-19-22(29)18-28(14-6-5-7-15-28)17-20-8-10-21(11-9-20)27(30)31;/h8-13,16,22,29H,5-7,14-15,17-19H2,1-4H3;1H/q+1;/p-1. The molecule has 1 aliphatic rings. The summed E-state index contributed by atoms with van der Waals surface area (Å²) in [6.45, 7) is 9.93. The van der Waals surface area contributed by atoms with Crippen LogP contribution in [0.3, 0.4) is 0 Å². The number of methoxy groups -OCH3 is 1. The van der Waals surface area contributed by atoms with Crippen molar-refractivity contribution < 1.29 is 36.4 Å². The quantitative estimate of drug-likeness (QED) is 0.328. The number of halogens is 1. The minimum Gasteiger partial charge on any atom is -1.00 e. The zero-order valence-corrected chi connectivity index (χ0v) is 21.4. The molecule has 3 rings (SSSR count). The molecule has 0 saturated carbocycles. The summed E-state index contributed by atoms with van der Waals surface area (Å²) >= 11 is 0. The van der Waals surface area contributed by atoms with Crippen LogP contribution in [-0.2, 0) is 12.0 Å². The molecule has 2 aromatic rings. The van der Waals surface area contributed by atoms with E-state index in [1.54, 1.807) is 19.2 Å². The van der Waals surface area contributed by atoms with Crippen LogP contribution in [0, 0.1) is 10.1 Å². The van der Waals surface area contributed by atoms with Crippen LogP contribution in [0.4, 0.5) is 5.69 Å². The third kappa shape index (κ3) is 7.32. The normalized spacial score (nSPS) is 16.3. The molecular weight excluding hydrogens is 456 g/mol. The molecule has 8 heteroatoms. The highest BCUT2D eigenvalue weighted by atomic mass is 35.5. The fourth-order valence-corrected chi connectivity index (χ4v) is 4.73. The molecule has 1 saturated heterocycles. The van der Waals surface area contributed by atoms with Gasteiger partial charge in [0.25, 0.3) is 5.69 Å². The first-order valence-corrected chi connectivity index (χ1v) is 11.7. The Bertz CT molecular complexity index is 937. The Morgan fingerprint density at radius 3 is 2.29 bits per heavy atom. The first-order valence-electron chi connectivity index (χ1n) is 11.7. The maximum atomic E-state index is 11.0. The third-order valence-corrected chi connectivity index (χ3v) is 6.45. The number of nitro benzene ring substituents is 1. The molecule has 34 heavy (non-hydrogen) atoms. The van der Waals surface area contributed by atoms with E-state index >= 15 is 0 Å². The van der Waals surface area contributed by atoms with Gasteiger partial charge in [0.1, 0.15) is 37.3 Å². The minimum atomic E-state index is -0.615. The largest absolute Gasteiger partial charge is 1.00 e. The number of quaternary nitrogens is 1. The number of likely N-dealkylation sites (tertiary alicyclic amines) is 1. The average molecular weight is 493 g/mol. The maximum Gasteiger partial charge on any atom is 0.269 e. The topological polar surface area (TPSA) is 81.8 Å². The molecule has 7 nitrogen and oxygen atoms in total. The molecule has 0 aliphatic carbocycles. The first kappa shape index (κ1) is 27.9. The van der Waals surface area contributed by atoms with E-state index in [1.807, 2.05) is 30.3 Å². The van der Waals surface area contributed by atoms with Gasteiger partial charge in [0.15, 0.2) is 0 Å². The van der Waals surface area contributed by atoms with Crippen LogP contribution in [0.1, 0.15) is 51.2 Å². The van der Waals surface area contributed by atoms with Gasteiger partial charge in [-0.25, -0.2) is 0 Å². The molecule has 1 heterocycles. The lowest BCUT2D eigenvalue weighted by atomic mass is 9.86. The van der Waals surface area contributed by atoms with Crippen LogP contribution in [0.25, 0.3) is 0 Å². The Labute approximate surface area is 208 Å². The molecule has 1 fully saturated rings. The summed E-state index contributed by atoms with van der Waals surface area (Å²) in [6.07, 6.45) is 2.82. The summed E-state index contributed by atoms with van der Waals surface area (Å²) in [7, 11) is 1.65. The number of nitrogens with zero attached hydrogens (tertiary/aromatic N) is 2. The number of ether oxygens (including phenoxy) is 2. The van der Waals surface area contributed by atoms with Gasteiger partial charge in [0, 0.05) is 23.3 Å². The summed E-state index contributed by atoms with van der Waals surface area (Å²) in [6, 6.07) is 12.6. The second-order valence-electron chi connectivity index (χ2n) is 10.2. The van der Waals surface area contributed by atoms with E-state index < -0.39 is 6.10 Å². The summed E-state index contributed by atoms with van der Waals surface area (Å²) in [5, 5.41) is 21.9. The van der Waals surface area contributed by atoms with E-state index in [1.165, 1.54) is 6.42 Å². The van der Waals surface area contributed by atoms with Gasteiger partial charge in [0.05, 0.1) is 25.1 Å². The molecule has 2 aromatic carbocycles. The van der Waals surface area contributed by atoms with Crippen LogP contribution in [0.15, 0.2) is 42.5 Å². The number of benzene rings is 2. The second-order valence-corrected chi connectivity index (χ2v) is 10.2. The highest BCUT2D eigenvalue weighted by molar-refractivity contribution is 5.44. The molecular formula is C26H37ClN2O5. The number of piperidine rings is 1. The Morgan fingerprint density at radius 1 is 1.09 bits per heavy atom. The molecule has 0 spiro atoms. The lowest BCUT2D eigenvalue weighted by Crippen LogP contribution is -3.00. The van der Waals surface area contributed by atoms with Crippen molar-refractivity contribution in [1.29, 1.82) is 0 Å². The highest BCUT2D eigenvalue weighted by Gasteiger charge is 2.33. The van der Waals surface area contributed by atoms with E-state index in [0.717, 1.165) is 59.6 Å². The van der Waals surface area contributed by atoms with Crippen LogP contribution >= 0.6 is 0 Å². The zero-order chi connectivity index (χ0) is 24.1. The van der Waals surface area contributed by atoms with Crippen molar-refractivity contribution in [2.45, 2.75) is 58.1 Å².